The van der Waals surface area contributed by atoms with Gasteiger partial charge in [0.15, 0.2) is 5.82 Å². The molecule has 0 amide bonds. The molecular weight excluding hydrogens is 311 g/mol. The molecule has 3 atom stereocenters. The van der Waals surface area contributed by atoms with Crippen LogP contribution in [-0.4, -0.2) is 46.4 Å². The molecule has 0 aliphatic carbocycles. The quantitative estimate of drug-likeness (QED) is 0.854. The van der Waals surface area contributed by atoms with E-state index in [1.54, 1.807) is 12.4 Å². The maximum atomic E-state index is 13.1. The minimum Gasteiger partial charge on any atom is -0.373 e. The van der Waals surface area contributed by atoms with Gasteiger partial charge >= 0.3 is 0 Å². The van der Waals surface area contributed by atoms with E-state index >= 15 is 0 Å². The summed E-state index contributed by atoms with van der Waals surface area (Å²) in [6.45, 7) is 1.87. The number of halogens is 1. The van der Waals surface area contributed by atoms with E-state index < -0.39 is 5.82 Å². The summed E-state index contributed by atoms with van der Waals surface area (Å²) in [7, 11) is 0. The maximum absolute atomic E-state index is 13.1. The molecule has 24 heavy (non-hydrogen) atoms. The average Bonchev–Trinajstić information content (AvgIpc) is 3.00. The van der Waals surface area contributed by atoms with Gasteiger partial charge in [-0.05, 0) is 24.5 Å². The van der Waals surface area contributed by atoms with Crippen LogP contribution < -0.4 is 4.90 Å². The summed E-state index contributed by atoms with van der Waals surface area (Å²) in [6.07, 6.45) is 7.86. The Bertz CT molecular complexity index is 670. The molecule has 2 saturated heterocycles. The molecule has 0 radical (unpaired) electrons. The van der Waals surface area contributed by atoms with E-state index in [9.17, 15) is 4.39 Å². The molecular formula is C17H19FN4O2. The highest BCUT2D eigenvalue weighted by Crippen LogP contribution is 2.33. The highest BCUT2D eigenvalue weighted by atomic mass is 19.1. The number of rotatable bonds is 4. The summed E-state index contributed by atoms with van der Waals surface area (Å²) >= 11 is 0. The van der Waals surface area contributed by atoms with Gasteiger partial charge in [-0.25, -0.2) is 14.4 Å². The van der Waals surface area contributed by atoms with Crippen LogP contribution in [0, 0.1) is 5.82 Å². The number of pyridine rings is 1. The molecule has 4 heterocycles. The third kappa shape index (κ3) is 3.09. The van der Waals surface area contributed by atoms with E-state index in [4.69, 9.17) is 9.47 Å². The summed E-state index contributed by atoms with van der Waals surface area (Å²) in [5.74, 6) is 0.100. The van der Waals surface area contributed by atoms with Gasteiger partial charge in [0.05, 0.1) is 31.6 Å². The van der Waals surface area contributed by atoms with E-state index in [2.05, 4.69) is 19.9 Å². The van der Waals surface area contributed by atoms with Crippen LogP contribution >= 0.6 is 0 Å². The van der Waals surface area contributed by atoms with Crippen LogP contribution in [0.3, 0.4) is 0 Å². The summed E-state index contributed by atoms with van der Waals surface area (Å²) in [6, 6.07) is 4.05. The van der Waals surface area contributed by atoms with Crippen LogP contribution in [0.4, 0.5) is 10.3 Å². The molecule has 0 bridgehead atoms. The molecule has 7 heteroatoms. The van der Waals surface area contributed by atoms with E-state index in [-0.39, 0.29) is 18.2 Å². The van der Waals surface area contributed by atoms with E-state index in [0.29, 0.717) is 19.1 Å². The van der Waals surface area contributed by atoms with Crippen molar-refractivity contribution in [2.24, 2.45) is 0 Å². The van der Waals surface area contributed by atoms with Gasteiger partial charge in [-0.2, -0.15) is 0 Å². The zero-order chi connectivity index (χ0) is 16.4. The standard InChI is InChI=1S/C17H19FN4O2/c18-13-8-20-17(21-9-13)22-10-15(16-14(22)4-2-6-23-16)24-11-12-3-1-5-19-7-12/h1,3,5,7-9,14-16H,2,4,6,10-11H2/t14-,15+,16+/m0/s1. The van der Waals surface area contributed by atoms with Crippen molar-refractivity contribution < 1.29 is 13.9 Å². The number of aromatic nitrogens is 3. The van der Waals surface area contributed by atoms with Gasteiger partial charge in [0, 0.05) is 19.0 Å². The van der Waals surface area contributed by atoms with Crippen LogP contribution in [-0.2, 0) is 16.1 Å². The van der Waals surface area contributed by atoms with Crippen LogP contribution in [0.15, 0.2) is 36.9 Å². The van der Waals surface area contributed by atoms with Crippen LogP contribution in [0.5, 0.6) is 0 Å². The van der Waals surface area contributed by atoms with Crippen LogP contribution in [0.2, 0.25) is 0 Å². The monoisotopic (exact) mass is 330 g/mol. The smallest absolute Gasteiger partial charge is 0.225 e. The average molecular weight is 330 g/mol. The van der Waals surface area contributed by atoms with Gasteiger partial charge in [0.1, 0.15) is 12.2 Å². The second-order valence-corrected chi connectivity index (χ2v) is 6.11. The first kappa shape index (κ1) is 15.4. The van der Waals surface area contributed by atoms with E-state index in [1.807, 2.05) is 12.1 Å². The van der Waals surface area contributed by atoms with Crippen molar-refractivity contribution in [1.82, 2.24) is 15.0 Å². The molecule has 2 aromatic rings. The van der Waals surface area contributed by atoms with Gasteiger partial charge in [0.2, 0.25) is 5.95 Å². The first-order valence-corrected chi connectivity index (χ1v) is 8.17. The van der Waals surface area contributed by atoms with Crippen molar-refractivity contribution in [3.63, 3.8) is 0 Å². The number of hydrogen-bond acceptors (Lipinski definition) is 6. The molecule has 4 rings (SSSR count). The summed E-state index contributed by atoms with van der Waals surface area (Å²) in [5, 5.41) is 0. The van der Waals surface area contributed by atoms with E-state index in [0.717, 1.165) is 25.0 Å². The fraction of sp³-hybridized carbons (Fsp3) is 0.471. The summed E-state index contributed by atoms with van der Waals surface area (Å²) < 4.78 is 25.2. The number of nitrogens with zero attached hydrogens (tertiary/aromatic N) is 4. The molecule has 2 aliphatic rings. The van der Waals surface area contributed by atoms with Gasteiger partial charge in [0.25, 0.3) is 0 Å². The molecule has 0 unspecified atom stereocenters. The number of fused-ring (bicyclic) bond motifs is 1. The predicted molar refractivity (Wildman–Crippen MR) is 84.9 cm³/mol. The first-order valence-electron chi connectivity index (χ1n) is 8.17. The molecule has 0 N–H and O–H groups in total. The third-order valence-electron chi connectivity index (χ3n) is 4.53. The molecule has 0 saturated carbocycles. The predicted octanol–water partition coefficient (Wildman–Crippen LogP) is 1.96. The lowest BCUT2D eigenvalue weighted by atomic mass is 10.0. The Kier molecular flexibility index (Phi) is 4.36. The van der Waals surface area contributed by atoms with E-state index in [1.165, 1.54) is 12.4 Å². The fourth-order valence-electron chi connectivity index (χ4n) is 3.43. The number of ether oxygens (including phenoxy) is 2. The van der Waals surface area contributed by atoms with Gasteiger partial charge < -0.3 is 14.4 Å². The van der Waals surface area contributed by atoms with Crippen molar-refractivity contribution in [3.05, 3.63) is 48.3 Å². The minimum atomic E-state index is -0.432. The third-order valence-corrected chi connectivity index (χ3v) is 4.53. The fourth-order valence-corrected chi connectivity index (χ4v) is 3.43. The Labute approximate surface area is 139 Å². The molecule has 6 nitrogen and oxygen atoms in total. The summed E-state index contributed by atoms with van der Waals surface area (Å²) in [5.41, 5.74) is 1.03. The second-order valence-electron chi connectivity index (χ2n) is 6.11. The molecule has 2 aliphatic heterocycles. The first-order chi connectivity index (χ1) is 11.8. The van der Waals surface area contributed by atoms with Crippen molar-refractivity contribution in [1.29, 1.82) is 0 Å². The Morgan fingerprint density at radius 3 is 2.96 bits per heavy atom. The lowest BCUT2D eigenvalue weighted by molar-refractivity contribution is -0.0784. The Morgan fingerprint density at radius 2 is 2.17 bits per heavy atom. The Morgan fingerprint density at radius 1 is 1.29 bits per heavy atom. The molecule has 2 aromatic heterocycles. The van der Waals surface area contributed by atoms with Gasteiger partial charge in [-0.3, -0.25) is 4.98 Å². The highest BCUT2D eigenvalue weighted by Gasteiger charge is 2.45. The van der Waals surface area contributed by atoms with Crippen LogP contribution in [0.1, 0.15) is 18.4 Å². The maximum Gasteiger partial charge on any atom is 0.225 e. The van der Waals surface area contributed by atoms with Crippen molar-refractivity contribution >= 4 is 5.95 Å². The SMILES string of the molecule is Fc1cnc(N2C[C@@H](OCc3cccnc3)[C@@H]3OCCC[C@@H]32)nc1. The van der Waals surface area contributed by atoms with Crippen molar-refractivity contribution in [2.75, 3.05) is 18.1 Å². The largest absolute Gasteiger partial charge is 0.373 e. The molecule has 2 fully saturated rings. The number of hydrogen-bond donors (Lipinski definition) is 0. The summed E-state index contributed by atoms with van der Waals surface area (Å²) in [4.78, 5) is 14.4. The Balaban J connectivity index is 1.49. The molecule has 0 aromatic carbocycles. The topological polar surface area (TPSA) is 60.4 Å². The van der Waals surface area contributed by atoms with Crippen molar-refractivity contribution in [2.45, 2.75) is 37.7 Å². The molecule has 0 spiro atoms. The zero-order valence-electron chi connectivity index (χ0n) is 13.2. The molecule has 126 valence electrons. The van der Waals surface area contributed by atoms with Gasteiger partial charge in [-0.1, -0.05) is 6.07 Å². The zero-order valence-corrected chi connectivity index (χ0v) is 13.2. The Hall–Kier alpha value is -2.12. The van der Waals surface area contributed by atoms with Crippen LogP contribution in [0.25, 0.3) is 0 Å². The second kappa shape index (κ2) is 6.78. The lowest BCUT2D eigenvalue weighted by Crippen LogP contribution is -2.42. The normalized spacial score (nSPS) is 26.4. The number of anilines is 1. The van der Waals surface area contributed by atoms with Crippen molar-refractivity contribution in [3.8, 4) is 0 Å². The highest BCUT2D eigenvalue weighted by molar-refractivity contribution is 5.35. The van der Waals surface area contributed by atoms with Gasteiger partial charge in [-0.15, -0.1) is 0 Å². The minimum absolute atomic E-state index is 0.0101. The lowest BCUT2D eigenvalue weighted by Gasteiger charge is -2.32.